The largest absolute Gasteiger partial charge is 0.312 e. The predicted octanol–water partition coefficient (Wildman–Crippen LogP) is 14.5. The molecule has 0 aromatic rings. The molecule has 5 rings (SSSR count). The molecule has 0 aromatic carbocycles. The van der Waals surface area contributed by atoms with Gasteiger partial charge in [-0.3, -0.25) is 0 Å². The molecule has 3 fully saturated rings. The Labute approximate surface area is 260 Å². The fraction of sp³-hybridized carbons (Fsp3) is 0.926. The van der Waals surface area contributed by atoms with Crippen molar-refractivity contribution in [1.82, 2.24) is 0 Å². The van der Waals surface area contributed by atoms with Gasteiger partial charge in [-0.2, -0.15) is 13.5 Å². The molecular weight excluding hydrogens is 653 g/mol. The van der Waals surface area contributed by atoms with Crippen molar-refractivity contribution in [1.29, 1.82) is 0 Å². The average Bonchev–Trinajstić information content (AvgIpc) is 3.13. The summed E-state index contributed by atoms with van der Waals surface area (Å²) in [6, 6.07) is 0. The first-order valence-electron chi connectivity index (χ1n) is 14.8. The molecule has 4 nitrogen and oxygen atoms in total. The van der Waals surface area contributed by atoms with E-state index in [2.05, 4.69) is 54.2 Å². The van der Waals surface area contributed by atoms with E-state index in [1.807, 2.05) is 0 Å². The monoisotopic (exact) mass is 695 g/mol. The van der Waals surface area contributed by atoms with E-state index in [-0.39, 0.29) is 11.5 Å². The molecule has 4 aliphatic carbocycles. The van der Waals surface area contributed by atoms with Crippen LogP contribution in [0.4, 0.5) is 0 Å². The highest BCUT2D eigenvalue weighted by molar-refractivity contribution is 8.22. The number of halogens is 5. The van der Waals surface area contributed by atoms with Crippen LogP contribution in [0.2, 0.25) is 0 Å². The van der Waals surface area contributed by atoms with Crippen LogP contribution in [-0.4, -0.2) is 6.10 Å². The first-order chi connectivity index (χ1) is 18.1. The van der Waals surface area contributed by atoms with Crippen molar-refractivity contribution in [3.8, 4) is 0 Å². The summed E-state index contributed by atoms with van der Waals surface area (Å²) in [5.41, 5.74) is 2.26. The molecule has 0 N–H and O–H groups in total. The van der Waals surface area contributed by atoms with Crippen LogP contribution in [0.15, 0.2) is 25.2 Å². The molecule has 39 heavy (non-hydrogen) atoms. The second kappa shape index (κ2) is 11.6. The minimum Gasteiger partial charge on any atom is -0.312 e. The van der Waals surface area contributed by atoms with Crippen molar-refractivity contribution in [2.75, 3.05) is 0 Å². The van der Waals surface area contributed by atoms with Crippen LogP contribution in [0.3, 0.4) is 0 Å². The van der Waals surface area contributed by atoms with Crippen LogP contribution < -0.4 is 0 Å². The third-order valence-corrected chi connectivity index (χ3v) is 23.3. The van der Waals surface area contributed by atoms with E-state index in [4.69, 9.17) is 60.7 Å². The lowest BCUT2D eigenvalue weighted by atomic mass is 9.47. The molecule has 1 aliphatic heterocycles. The van der Waals surface area contributed by atoms with Crippen molar-refractivity contribution in [3.05, 3.63) is 11.6 Å². The van der Waals surface area contributed by atoms with E-state index in [1.165, 1.54) is 56.9 Å². The zero-order valence-corrected chi connectivity index (χ0v) is 30.3. The Morgan fingerprint density at radius 3 is 2.31 bits per heavy atom. The average molecular weight is 698 g/mol. The summed E-state index contributed by atoms with van der Waals surface area (Å²) < 4.78 is 19.0. The lowest BCUT2D eigenvalue weighted by molar-refractivity contribution is -0.0555. The molecule has 0 amide bonds. The Bertz CT molecular complexity index is 1160. The zero-order valence-electron chi connectivity index (χ0n) is 23.9. The van der Waals surface area contributed by atoms with Gasteiger partial charge in [-0.15, -0.1) is 0 Å². The van der Waals surface area contributed by atoms with Gasteiger partial charge in [0.1, 0.15) is 0 Å². The summed E-state index contributed by atoms with van der Waals surface area (Å²) in [5.74, 6) is -1.23. The number of rotatable bonds is 7. The van der Waals surface area contributed by atoms with E-state index >= 15 is 0 Å². The summed E-state index contributed by atoms with van der Waals surface area (Å²) in [5, 5.41) is 0. The fourth-order valence-corrected chi connectivity index (χ4v) is 26.3. The number of nitrogens with zero attached hydrogens (tertiary/aromatic N) is 3. The van der Waals surface area contributed by atoms with Gasteiger partial charge in [-0.1, -0.05) is 65.5 Å². The van der Waals surface area contributed by atoms with Gasteiger partial charge >= 0.3 is 0 Å². The Morgan fingerprint density at radius 1 is 0.897 bits per heavy atom. The summed E-state index contributed by atoms with van der Waals surface area (Å²) in [6.07, 6.45) is 16.2. The van der Waals surface area contributed by atoms with Crippen LogP contribution in [0, 0.1) is 46.3 Å². The van der Waals surface area contributed by atoms with Gasteiger partial charge in [-0.05, 0) is 154 Å². The molecule has 0 spiro atoms. The van der Waals surface area contributed by atoms with E-state index in [1.54, 1.807) is 0 Å². The summed E-state index contributed by atoms with van der Waals surface area (Å²) in [6.45, 7) is 9.30. The van der Waals surface area contributed by atoms with Gasteiger partial charge in [0, 0.05) is 0 Å². The van der Waals surface area contributed by atoms with E-state index in [0.29, 0.717) is 5.41 Å². The second-order valence-corrected chi connectivity index (χ2v) is 27.1. The maximum atomic E-state index is 6.75. The maximum absolute atomic E-state index is 6.75. The molecule has 0 saturated heterocycles. The lowest BCUT2D eigenvalue weighted by Crippen LogP contribution is -2.50. The van der Waals surface area contributed by atoms with Gasteiger partial charge < -0.3 is 4.52 Å². The first-order valence-corrected chi connectivity index (χ1v) is 24.4. The van der Waals surface area contributed by atoms with E-state index in [0.717, 1.165) is 54.8 Å². The second-order valence-electron chi connectivity index (χ2n) is 13.9. The Hall–Kier alpha value is 1.84. The van der Waals surface area contributed by atoms with Gasteiger partial charge in [0.2, 0.25) is 0 Å². The number of fused-ring (bicyclic) bond motifs is 5. The number of hydrogen-bond acceptors (Lipinski definition) is 4. The summed E-state index contributed by atoms with van der Waals surface area (Å²) in [7, 11) is 0. The molecule has 5 aliphatic rings. The SMILES string of the molecule is CC(C)CCC[C@@H](C)[C@H]1CC[C@H]2[C@@H]3CC=C4C[C@@H](OP5(Cl)=NP(Cl)(Cl)=NP(Cl)(Cl)=N5)CC[C@]4(C)[C@H]3CC[C@]12C. The van der Waals surface area contributed by atoms with Gasteiger partial charge in [-0.25, -0.2) is 0 Å². The highest BCUT2D eigenvalue weighted by Gasteiger charge is 2.59. The number of hydrogen-bond donors (Lipinski definition) is 0. The third-order valence-electron chi connectivity index (χ3n) is 11.2. The smallest absolute Gasteiger partial charge is 0.299 e. The van der Waals surface area contributed by atoms with E-state index in [9.17, 15) is 0 Å². The topological polar surface area (TPSA) is 46.3 Å². The minimum absolute atomic E-state index is 0.0876. The van der Waals surface area contributed by atoms with Crippen molar-refractivity contribution in [3.63, 3.8) is 0 Å². The van der Waals surface area contributed by atoms with Crippen molar-refractivity contribution >= 4 is 74.8 Å². The molecule has 12 heteroatoms. The lowest BCUT2D eigenvalue weighted by Gasteiger charge is -2.58. The molecule has 0 bridgehead atoms. The number of allylic oxidation sites excluding steroid dienone is 1. The van der Waals surface area contributed by atoms with Gasteiger partial charge in [0.25, 0.3) is 18.6 Å². The van der Waals surface area contributed by atoms with Gasteiger partial charge in [0.15, 0.2) is 0 Å². The van der Waals surface area contributed by atoms with Crippen molar-refractivity contribution < 1.29 is 4.52 Å². The van der Waals surface area contributed by atoms with E-state index < -0.39 is 18.6 Å². The molecule has 9 atom stereocenters. The zero-order chi connectivity index (χ0) is 28.4. The summed E-state index contributed by atoms with van der Waals surface area (Å²) in [4.78, 5) is 0. The molecule has 0 aromatic heterocycles. The molecular formula is C27H45Cl5N3OP3. The standard InChI is InChI=1S/C27H45Cl5N3OP3/c1-18(2)7-6-8-19(3)23-11-12-24-22-10-9-20-17-21(13-15-26(20,4)25(22)14-16-27(23,24)5)36-39(32)34-37(28,29)33-38(30,31)35-39/h9,18-19,21-25H,6-8,10-17H2,1-5H3/t19-,21+,22+,23-,24+,25+,26+,27-/m1/s1. The Kier molecular flexibility index (Phi) is 9.63. The Balaban J connectivity index is 1.30. The van der Waals surface area contributed by atoms with Crippen LogP contribution in [0.1, 0.15) is 105 Å². The molecule has 0 radical (unpaired) electrons. The van der Waals surface area contributed by atoms with Crippen LogP contribution in [-0.2, 0) is 4.52 Å². The molecule has 3 saturated carbocycles. The first kappa shape index (κ1) is 32.2. The highest BCUT2D eigenvalue weighted by atomic mass is 35.9. The van der Waals surface area contributed by atoms with Crippen LogP contribution in [0.5, 0.6) is 0 Å². The maximum Gasteiger partial charge on any atom is 0.299 e. The minimum atomic E-state index is -3.16. The summed E-state index contributed by atoms with van der Waals surface area (Å²) >= 11 is 31.9. The predicted molar refractivity (Wildman–Crippen MR) is 175 cm³/mol. The fourth-order valence-electron chi connectivity index (χ4n) is 9.42. The quantitative estimate of drug-likeness (QED) is 0.193. The van der Waals surface area contributed by atoms with Crippen LogP contribution in [0.25, 0.3) is 0 Å². The van der Waals surface area contributed by atoms with Gasteiger partial charge in [0.05, 0.1) is 6.10 Å². The van der Waals surface area contributed by atoms with Crippen LogP contribution >= 0.6 is 74.8 Å². The Morgan fingerprint density at radius 2 is 1.62 bits per heavy atom. The molecule has 224 valence electrons. The third kappa shape index (κ3) is 6.62. The highest BCUT2D eigenvalue weighted by Crippen LogP contribution is 2.87. The normalized spacial score (nSPS) is 45.1. The van der Waals surface area contributed by atoms with Crippen molar-refractivity contribution in [2.24, 2.45) is 59.9 Å². The van der Waals surface area contributed by atoms with Crippen molar-refractivity contribution in [2.45, 2.75) is 111 Å². The molecule has 1 unspecified atom stereocenters. The molecule has 1 heterocycles.